The number of rotatable bonds is 4. The fourth-order valence-corrected chi connectivity index (χ4v) is 4.06. The van der Waals surface area contributed by atoms with Gasteiger partial charge in [-0.25, -0.2) is 4.99 Å². The molecule has 0 aliphatic heterocycles. The minimum absolute atomic E-state index is 0.438. The van der Waals surface area contributed by atoms with Crippen LogP contribution in [0, 0.1) is 20.8 Å². The molecule has 0 aromatic heterocycles. The molecule has 2 aromatic carbocycles. The lowest BCUT2D eigenvalue weighted by atomic mass is 10.1. The van der Waals surface area contributed by atoms with E-state index in [1.165, 1.54) is 36.8 Å². The van der Waals surface area contributed by atoms with Gasteiger partial charge in [0.05, 0.1) is 10.7 Å². The van der Waals surface area contributed by atoms with Crippen LogP contribution in [0.2, 0.25) is 5.02 Å². The second kappa shape index (κ2) is 8.09. The van der Waals surface area contributed by atoms with E-state index in [0.29, 0.717) is 6.04 Å². The van der Waals surface area contributed by atoms with E-state index >= 15 is 0 Å². The molecular weight excluding hydrogens is 340 g/mol. The van der Waals surface area contributed by atoms with Crippen molar-refractivity contribution in [2.24, 2.45) is 4.99 Å². The van der Waals surface area contributed by atoms with Crippen LogP contribution in [-0.2, 0) is 0 Å². The third-order valence-corrected chi connectivity index (χ3v) is 5.49. The van der Waals surface area contributed by atoms with Crippen molar-refractivity contribution in [1.29, 1.82) is 0 Å². The van der Waals surface area contributed by atoms with Gasteiger partial charge in [0.1, 0.15) is 5.84 Å². The Morgan fingerprint density at radius 3 is 2.35 bits per heavy atom. The Bertz CT molecular complexity index is 812. The van der Waals surface area contributed by atoms with Crippen molar-refractivity contribution in [3.63, 3.8) is 0 Å². The van der Waals surface area contributed by atoms with E-state index in [2.05, 4.69) is 62.6 Å². The molecule has 2 aromatic rings. The standard InChI is InChI=1S/C23H27ClN2/c1-5-26(19-11-6-7-12-19)23(20-14-13-16(2)15-21(20)24)25-22-17(3)9-8-10-18(22)4/h5,8-10,13-15,19H,1,6-7,11-12H2,2-4H3. The number of aliphatic imine (C=N–C) groups is 1. The maximum Gasteiger partial charge on any atom is 0.142 e. The van der Waals surface area contributed by atoms with Crippen molar-refractivity contribution < 1.29 is 0 Å². The summed E-state index contributed by atoms with van der Waals surface area (Å²) in [6, 6.07) is 12.9. The van der Waals surface area contributed by atoms with Gasteiger partial charge in [-0.1, -0.05) is 55.3 Å². The molecule has 0 saturated heterocycles. The van der Waals surface area contributed by atoms with Gasteiger partial charge in [0.2, 0.25) is 0 Å². The molecule has 3 heteroatoms. The van der Waals surface area contributed by atoms with E-state index in [-0.39, 0.29) is 0 Å². The summed E-state index contributed by atoms with van der Waals surface area (Å²) in [6.07, 6.45) is 6.77. The molecule has 0 N–H and O–H groups in total. The first-order valence-corrected chi connectivity index (χ1v) is 9.71. The van der Waals surface area contributed by atoms with Crippen LogP contribution < -0.4 is 0 Å². The monoisotopic (exact) mass is 366 g/mol. The van der Waals surface area contributed by atoms with Gasteiger partial charge in [-0.3, -0.25) is 0 Å². The van der Waals surface area contributed by atoms with Crippen molar-refractivity contribution in [3.05, 3.63) is 76.5 Å². The van der Waals surface area contributed by atoms with E-state index in [0.717, 1.165) is 27.7 Å². The molecule has 0 heterocycles. The van der Waals surface area contributed by atoms with Gasteiger partial charge in [0.25, 0.3) is 0 Å². The zero-order chi connectivity index (χ0) is 18.7. The maximum absolute atomic E-state index is 6.64. The number of halogens is 1. The van der Waals surface area contributed by atoms with Crippen LogP contribution in [-0.4, -0.2) is 16.8 Å². The molecule has 1 saturated carbocycles. The fraction of sp³-hybridized carbons (Fsp3) is 0.348. The van der Waals surface area contributed by atoms with Gasteiger partial charge in [0, 0.05) is 11.6 Å². The van der Waals surface area contributed by atoms with Gasteiger partial charge >= 0.3 is 0 Å². The summed E-state index contributed by atoms with van der Waals surface area (Å²) in [5.41, 5.74) is 5.47. The zero-order valence-electron chi connectivity index (χ0n) is 15.9. The number of benzene rings is 2. The number of aryl methyl sites for hydroxylation is 3. The topological polar surface area (TPSA) is 15.6 Å². The Labute approximate surface area is 162 Å². The summed E-state index contributed by atoms with van der Waals surface area (Å²) in [6.45, 7) is 10.4. The molecule has 0 bridgehead atoms. The zero-order valence-corrected chi connectivity index (χ0v) is 16.7. The molecule has 0 amide bonds. The summed E-state index contributed by atoms with van der Waals surface area (Å²) in [5, 5.41) is 0.736. The summed E-state index contributed by atoms with van der Waals surface area (Å²) >= 11 is 6.64. The highest BCUT2D eigenvalue weighted by Gasteiger charge is 2.26. The van der Waals surface area contributed by atoms with Crippen molar-refractivity contribution in [3.8, 4) is 0 Å². The molecule has 0 atom stereocenters. The normalized spacial score (nSPS) is 15.3. The average Bonchev–Trinajstić information content (AvgIpc) is 3.12. The molecule has 3 rings (SSSR count). The molecule has 0 radical (unpaired) electrons. The van der Waals surface area contributed by atoms with Gasteiger partial charge in [-0.2, -0.15) is 0 Å². The molecule has 0 unspecified atom stereocenters. The first-order valence-electron chi connectivity index (χ1n) is 9.33. The largest absolute Gasteiger partial charge is 0.330 e. The molecule has 0 spiro atoms. The third kappa shape index (κ3) is 3.86. The lowest BCUT2D eigenvalue weighted by Gasteiger charge is -2.29. The molecule has 1 fully saturated rings. The highest BCUT2D eigenvalue weighted by atomic mass is 35.5. The van der Waals surface area contributed by atoms with Crippen LogP contribution in [0.5, 0.6) is 0 Å². The number of amidine groups is 1. The lowest BCUT2D eigenvalue weighted by molar-refractivity contribution is 0.409. The molecule has 1 aliphatic carbocycles. The second-order valence-corrected chi connectivity index (χ2v) is 7.59. The maximum atomic E-state index is 6.64. The van der Waals surface area contributed by atoms with Crippen molar-refractivity contribution in [1.82, 2.24) is 4.90 Å². The quantitative estimate of drug-likeness (QED) is 0.432. The highest BCUT2D eigenvalue weighted by Crippen LogP contribution is 2.31. The van der Waals surface area contributed by atoms with E-state index < -0.39 is 0 Å². The number of nitrogens with zero attached hydrogens (tertiary/aromatic N) is 2. The van der Waals surface area contributed by atoms with Crippen LogP contribution in [0.1, 0.15) is 47.9 Å². The first-order chi connectivity index (χ1) is 12.5. The van der Waals surface area contributed by atoms with E-state index in [1.54, 1.807) is 0 Å². The molecule has 1 aliphatic rings. The van der Waals surface area contributed by atoms with Crippen molar-refractivity contribution >= 4 is 23.1 Å². The minimum Gasteiger partial charge on any atom is -0.330 e. The second-order valence-electron chi connectivity index (χ2n) is 7.19. The van der Waals surface area contributed by atoms with E-state index in [9.17, 15) is 0 Å². The fourth-order valence-electron chi connectivity index (χ4n) is 3.74. The average molecular weight is 367 g/mol. The lowest BCUT2D eigenvalue weighted by Crippen LogP contribution is -2.35. The summed E-state index contributed by atoms with van der Waals surface area (Å²) in [5.74, 6) is 0.898. The molecular formula is C23H27ClN2. The predicted octanol–water partition coefficient (Wildman–Crippen LogP) is 6.73. The number of para-hydroxylation sites is 1. The van der Waals surface area contributed by atoms with Gasteiger partial charge in [-0.15, -0.1) is 0 Å². The van der Waals surface area contributed by atoms with Gasteiger partial charge < -0.3 is 4.90 Å². The third-order valence-electron chi connectivity index (χ3n) is 5.18. The van der Waals surface area contributed by atoms with Crippen molar-refractivity contribution in [2.75, 3.05) is 0 Å². The molecule has 136 valence electrons. The molecule has 26 heavy (non-hydrogen) atoms. The number of hydrogen-bond acceptors (Lipinski definition) is 1. The van der Waals surface area contributed by atoms with Gasteiger partial charge in [0.15, 0.2) is 0 Å². The van der Waals surface area contributed by atoms with Crippen LogP contribution >= 0.6 is 11.6 Å². The van der Waals surface area contributed by atoms with Crippen LogP contribution in [0.4, 0.5) is 5.69 Å². The Balaban J connectivity index is 2.18. The van der Waals surface area contributed by atoms with E-state index in [4.69, 9.17) is 16.6 Å². The Morgan fingerprint density at radius 1 is 1.12 bits per heavy atom. The smallest absolute Gasteiger partial charge is 0.142 e. The summed E-state index contributed by atoms with van der Waals surface area (Å²) in [4.78, 5) is 7.35. The van der Waals surface area contributed by atoms with Crippen molar-refractivity contribution in [2.45, 2.75) is 52.5 Å². The Morgan fingerprint density at radius 2 is 1.77 bits per heavy atom. The number of hydrogen-bond donors (Lipinski definition) is 0. The first kappa shape index (κ1) is 18.7. The Kier molecular flexibility index (Phi) is 5.83. The Hall–Kier alpha value is -2.06. The SMILES string of the molecule is C=CN(C(=Nc1c(C)cccc1C)c1ccc(C)cc1Cl)C1CCCC1. The van der Waals surface area contributed by atoms with Gasteiger partial charge in [-0.05, 0) is 68.6 Å². The highest BCUT2D eigenvalue weighted by molar-refractivity contribution is 6.34. The van der Waals surface area contributed by atoms with E-state index in [1.807, 2.05) is 12.3 Å². The summed E-state index contributed by atoms with van der Waals surface area (Å²) in [7, 11) is 0. The van der Waals surface area contributed by atoms with Crippen LogP contribution in [0.3, 0.4) is 0 Å². The van der Waals surface area contributed by atoms with Crippen LogP contribution in [0.15, 0.2) is 54.2 Å². The predicted molar refractivity (Wildman–Crippen MR) is 113 cm³/mol. The van der Waals surface area contributed by atoms with Crippen LogP contribution in [0.25, 0.3) is 0 Å². The minimum atomic E-state index is 0.438. The molecule has 2 nitrogen and oxygen atoms in total. The summed E-state index contributed by atoms with van der Waals surface area (Å²) < 4.78 is 0.